The first-order valence-electron chi connectivity index (χ1n) is 4.18. The molecule has 4 nitrogen and oxygen atoms in total. The number of hydrogen-bond donors (Lipinski definition) is 1. The summed E-state index contributed by atoms with van der Waals surface area (Å²) in [6.45, 7) is 0.389. The monoisotopic (exact) mass is 192 g/mol. The maximum atomic E-state index is 10.8. The number of aromatic nitrogens is 1. The molecule has 0 aliphatic heterocycles. The molecule has 0 aromatic carbocycles. The maximum Gasteiger partial charge on any atom is 0.330 e. The van der Waals surface area contributed by atoms with Gasteiger partial charge in [-0.3, -0.25) is 4.98 Å². The Bertz CT molecular complexity index is 348. The molecule has 0 saturated carbocycles. The third kappa shape index (κ3) is 2.99. The number of ether oxygens (including phenoxy) is 1. The molecule has 1 aromatic rings. The number of esters is 1. The quantitative estimate of drug-likeness (QED) is 0.566. The summed E-state index contributed by atoms with van der Waals surface area (Å²) in [6, 6.07) is 5.46. The fourth-order valence-corrected chi connectivity index (χ4v) is 0.926. The molecule has 0 unspecified atom stereocenters. The minimum Gasteiger partial charge on any atom is -0.466 e. The standard InChI is InChI=1S/C10H12N2O2/c1-14-10(13)6-5-8-3-2-4-9(7-11)12-8/h2-6H,7,11H2,1H3. The highest BCUT2D eigenvalue weighted by atomic mass is 16.5. The zero-order valence-electron chi connectivity index (χ0n) is 7.93. The summed E-state index contributed by atoms with van der Waals surface area (Å²) >= 11 is 0. The number of nitrogens with zero attached hydrogens (tertiary/aromatic N) is 1. The van der Waals surface area contributed by atoms with E-state index in [-0.39, 0.29) is 0 Å². The van der Waals surface area contributed by atoms with Crippen molar-refractivity contribution in [2.75, 3.05) is 7.11 Å². The van der Waals surface area contributed by atoms with Crippen molar-refractivity contribution in [3.05, 3.63) is 35.7 Å². The topological polar surface area (TPSA) is 65.2 Å². The van der Waals surface area contributed by atoms with Crippen molar-refractivity contribution in [3.63, 3.8) is 0 Å². The summed E-state index contributed by atoms with van der Waals surface area (Å²) in [6.07, 6.45) is 2.91. The lowest BCUT2D eigenvalue weighted by Crippen LogP contribution is -2.00. The molecule has 0 bridgehead atoms. The predicted octanol–water partition coefficient (Wildman–Crippen LogP) is 0.726. The minimum absolute atomic E-state index is 0.389. The number of pyridine rings is 1. The summed E-state index contributed by atoms with van der Waals surface area (Å²) < 4.78 is 4.45. The molecular formula is C10H12N2O2. The molecule has 0 saturated heterocycles. The van der Waals surface area contributed by atoms with Crippen LogP contribution in [0.5, 0.6) is 0 Å². The molecule has 0 atom stereocenters. The molecule has 74 valence electrons. The van der Waals surface area contributed by atoms with Crippen LogP contribution >= 0.6 is 0 Å². The van der Waals surface area contributed by atoms with E-state index in [1.807, 2.05) is 12.1 Å². The fourth-order valence-electron chi connectivity index (χ4n) is 0.926. The van der Waals surface area contributed by atoms with Gasteiger partial charge in [-0.2, -0.15) is 0 Å². The highest BCUT2D eigenvalue weighted by Gasteiger charge is 1.94. The SMILES string of the molecule is COC(=O)C=Cc1cccc(CN)n1. The van der Waals surface area contributed by atoms with Crippen LogP contribution in [0.3, 0.4) is 0 Å². The third-order valence-corrected chi connectivity index (χ3v) is 1.63. The molecule has 0 aliphatic rings. The van der Waals surface area contributed by atoms with Crippen LogP contribution < -0.4 is 5.73 Å². The van der Waals surface area contributed by atoms with Gasteiger partial charge in [-0.25, -0.2) is 4.79 Å². The van der Waals surface area contributed by atoms with E-state index in [0.717, 1.165) is 5.69 Å². The second kappa shape index (κ2) is 5.14. The lowest BCUT2D eigenvalue weighted by Gasteiger charge is -1.97. The van der Waals surface area contributed by atoms with Gasteiger partial charge in [0.15, 0.2) is 0 Å². The van der Waals surface area contributed by atoms with Crippen molar-refractivity contribution in [2.45, 2.75) is 6.54 Å². The predicted molar refractivity (Wildman–Crippen MR) is 53.2 cm³/mol. The molecular weight excluding hydrogens is 180 g/mol. The van der Waals surface area contributed by atoms with Crippen LogP contribution in [0.4, 0.5) is 0 Å². The third-order valence-electron chi connectivity index (χ3n) is 1.63. The first-order valence-corrected chi connectivity index (χ1v) is 4.18. The first kappa shape index (κ1) is 10.4. The Balaban J connectivity index is 2.76. The van der Waals surface area contributed by atoms with Gasteiger partial charge >= 0.3 is 5.97 Å². The second-order valence-electron chi connectivity index (χ2n) is 2.61. The van der Waals surface area contributed by atoms with E-state index >= 15 is 0 Å². The van der Waals surface area contributed by atoms with Gasteiger partial charge in [0, 0.05) is 12.6 Å². The Morgan fingerprint density at radius 3 is 3.07 bits per heavy atom. The Labute approximate surface area is 82.4 Å². The zero-order chi connectivity index (χ0) is 10.4. The van der Waals surface area contributed by atoms with E-state index in [4.69, 9.17) is 5.73 Å². The van der Waals surface area contributed by atoms with E-state index in [9.17, 15) is 4.79 Å². The van der Waals surface area contributed by atoms with Crippen molar-refractivity contribution in [2.24, 2.45) is 5.73 Å². The van der Waals surface area contributed by atoms with E-state index in [1.165, 1.54) is 13.2 Å². The van der Waals surface area contributed by atoms with Crippen LogP contribution in [0.25, 0.3) is 6.08 Å². The number of methoxy groups -OCH3 is 1. The van der Waals surface area contributed by atoms with Gasteiger partial charge in [0.2, 0.25) is 0 Å². The molecule has 2 N–H and O–H groups in total. The Morgan fingerprint density at radius 2 is 2.43 bits per heavy atom. The average molecular weight is 192 g/mol. The zero-order valence-corrected chi connectivity index (χ0v) is 7.93. The summed E-state index contributed by atoms with van der Waals surface area (Å²) in [5.41, 5.74) is 6.90. The van der Waals surface area contributed by atoms with Crippen LogP contribution in [-0.2, 0) is 16.1 Å². The molecule has 1 aromatic heterocycles. The number of carbonyl (C=O) groups excluding carboxylic acids is 1. The molecule has 0 aliphatic carbocycles. The number of nitrogens with two attached hydrogens (primary N) is 1. The van der Waals surface area contributed by atoms with Crippen LogP contribution in [0.1, 0.15) is 11.4 Å². The van der Waals surface area contributed by atoms with E-state index in [0.29, 0.717) is 12.2 Å². The van der Waals surface area contributed by atoms with Gasteiger partial charge < -0.3 is 10.5 Å². The molecule has 1 rings (SSSR count). The Kier molecular flexibility index (Phi) is 3.82. The van der Waals surface area contributed by atoms with Crippen LogP contribution in [0, 0.1) is 0 Å². The van der Waals surface area contributed by atoms with Crippen molar-refractivity contribution in [3.8, 4) is 0 Å². The van der Waals surface area contributed by atoms with Gasteiger partial charge in [0.25, 0.3) is 0 Å². The highest BCUT2D eigenvalue weighted by molar-refractivity contribution is 5.86. The summed E-state index contributed by atoms with van der Waals surface area (Å²) in [5.74, 6) is -0.398. The summed E-state index contributed by atoms with van der Waals surface area (Å²) in [5, 5.41) is 0. The number of rotatable bonds is 3. The normalized spacial score (nSPS) is 10.4. The van der Waals surface area contributed by atoms with E-state index in [1.54, 1.807) is 12.1 Å². The van der Waals surface area contributed by atoms with E-state index in [2.05, 4.69) is 9.72 Å². The van der Waals surface area contributed by atoms with Gasteiger partial charge in [-0.15, -0.1) is 0 Å². The highest BCUT2D eigenvalue weighted by Crippen LogP contribution is 2.00. The van der Waals surface area contributed by atoms with E-state index < -0.39 is 5.97 Å². The van der Waals surface area contributed by atoms with Crippen molar-refractivity contribution in [1.82, 2.24) is 4.98 Å². The molecule has 0 radical (unpaired) electrons. The average Bonchev–Trinajstić information content (AvgIpc) is 2.26. The second-order valence-corrected chi connectivity index (χ2v) is 2.61. The molecule has 0 fully saturated rings. The van der Waals surface area contributed by atoms with Crippen molar-refractivity contribution in [1.29, 1.82) is 0 Å². The van der Waals surface area contributed by atoms with Gasteiger partial charge in [-0.1, -0.05) is 6.07 Å². The largest absolute Gasteiger partial charge is 0.466 e. The van der Waals surface area contributed by atoms with Gasteiger partial charge in [-0.05, 0) is 18.2 Å². The summed E-state index contributed by atoms with van der Waals surface area (Å²) in [7, 11) is 1.33. The minimum atomic E-state index is -0.398. The Morgan fingerprint density at radius 1 is 1.64 bits per heavy atom. The smallest absolute Gasteiger partial charge is 0.330 e. The summed E-state index contributed by atoms with van der Waals surface area (Å²) in [4.78, 5) is 15.0. The van der Waals surface area contributed by atoms with Gasteiger partial charge in [0.05, 0.1) is 18.5 Å². The van der Waals surface area contributed by atoms with Crippen molar-refractivity contribution < 1.29 is 9.53 Å². The number of carbonyl (C=O) groups is 1. The lowest BCUT2D eigenvalue weighted by molar-refractivity contribution is -0.134. The molecule has 0 spiro atoms. The maximum absolute atomic E-state index is 10.8. The molecule has 1 heterocycles. The lowest BCUT2D eigenvalue weighted by atomic mass is 10.3. The van der Waals surface area contributed by atoms with Crippen LogP contribution in [0.15, 0.2) is 24.3 Å². The van der Waals surface area contributed by atoms with Crippen LogP contribution in [0.2, 0.25) is 0 Å². The molecule has 4 heteroatoms. The van der Waals surface area contributed by atoms with Crippen LogP contribution in [-0.4, -0.2) is 18.1 Å². The fraction of sp³-hybridized carbons (Fsp3) is 0.200. The van der Waals surface area contributed by atoms with Gasteiger partial charge in [0.1, 0.15) is 0 Å². The first-order chi connectivity index (χ1) is 6.76. The molecule has 14 heavy (non-hydrogen) atoms. The molecule has 0 amide bonds. The Hall–Kier alpha value is -1.68. The van der Waals surface area contributed by atoms with Crippen molar-refractivity contribution >= 4 is 12.0 Å². The number of hydrogen-bond acceptors (Lipinski definition) is 4.